The summed E-state index contributed by atoms with van der Waals surface area (Å²) >= 11 is 0. The lowest BCUT2D eigenvalue weighted by molar-refractivity contribution is 0.102. The fourth-order valence-corrected chi connectivity index (χ4v) is 3.68. The Bertz CT molecular complexity index is 1010. The normalized spacial score (nSPS) is 18.3. The third kappa shape index (κ3) is 2.81. The Morgan fingerprint density at radius 3 is 2.58 bits per heavy atom. The van der Waals surface area contributed by atoms with E-state index in [0.29, 0.717) is 11.6 Å². The van der Waals surface area contributed by atoms with Gasteiger partial charge in [-0.1, -0.05) is 31.2 Å². The summed E-state index contributed by atoms with van der Waals surface area (Å²) in [5.41, 5.74) is 2.92. The monoisotopic (exact) mass is 345 g/mol. The van der Waals surface area contributed by atoms with Gasteiger partial charge in [0.15, 0.2) is 0 Å². The van der Waals surface area contributed by atoms with E-state index in [-0.39, 0.29) is 17.2 Å². The molecule has 1 N–H and O–H groups in total. The van der Waals surface area contributed by atoms with E-state index >= 15 is 0 Å². The summed E-state index contributed by atoms with van der Waals surface area (Å²) in [7, 11) is 0. The molecule has 0 bridgehead atoms. The number of amides is 1. The first-order chi connectivity index (χ1) is 12.6. The zero-order valence-electron chi connectivity index (χ0n) is 14.4. The lowest BCUT2D eigenvalue weighted by atomic mass is 10.0. The van der Waals surface area contributed by atoms with Crippen LogP contribution in [-0.2, 0) is 0 Å². The molecule has 4 rings (SSSR count). The van der Waals surface area contributed by atoms with E-state index in [1.165, 1.54) is 5.56 Å². The molecular formula is C21H19N3O2. The predicted molar refractivity (Wildman–Crippen MR) is 101 cm³/mol. The highest BCUT2D eigenvalue weighted by atomic mass is 16.2. The number of fused-ring (bicyclic) bond motifs is 1. The number of pyridine rings is 2. The number of aromatic nitrogens is 2. The summed E-state index contributed by atoms with van der Waals surface area (Å²) in [6, 6.07) is 14.9. The first kappa shape index (κ1) is 16.3. The fraction of sp³-hybridized carbons (Fsp3) is 0.190. The van der Waals surface area contributed by atoms with Gasteiger partial charge in [-0.15, -0.1) is 0 Å². The average molecular weight is 345 g/mol. The Labute approximate surface area is 151 Å². The molecular weight excluding hydrogens is 326 g/mol. The van der Waals surface area contributed by atoms with E-state index in [0.717, 1.165) is 12.0 Å². The Hall–Kier alpha value is -3.21. The molecule has 3 aromatic rings. The van der Waals surface area contributed by atoms with Crippen LogP contribution in [0.25, 0.3) is 0 Å². The topological polar surface area (TPSA) is 64.0 Å². The zero-order chi connectivity index (χ0) is 18.1. The van der Waals surface area contributed by atoms with Gasteiger partial charge in [-0.2, -0.15) is 0 Å². The molecule has 2 atom stereocenters. The number of anilines is 1. The third-order valence-corrected chi connectivity index (χ3v) is 4.96. The van der Waals surface area contributed by atoms with Crippen molar-refractivity contribution < 1.29 is 4.79 Å². The first-order valence-corrected chi connectivity index (χ1v) is 8.66. The molecule has 130 valence electrons. The Morgan fingerprint density at radius 1 is 1.08 bits per heavy atom. The minimum absolute atomic E-state index is 0.0395. The third-order valence-electron chi connectivity index (χ3n) is 4.96. The summed E-state index contributed by atoms with van der Waals surface area (Å²) in [6.45, 7) is 2.17. The largest absolute Gasteiger partial charge is 0.322 e. The van der Waals surface area contributed by atoms with Crippen molar-refractivity contribution in [1.82, 2.24) is 9.55 Å². The second kappa shape index (κ2) is 6.59. The van der Waals surface area contributed by atoms with Crippen LogP contribution in [0.1, 0.15) is 46.8 Å². The van der Waals surface area contributed by atoms with Crippen LogP contribution in [0.4, 0.5) is 5.69 Å². The van der Waals surface area contributed by atoms with E-state index in [2.05, 4.69) is 29.4 Å². The molecule has 2 aromatic heterocycles. The highest BCUT2D eigenvalue weighted by molar-refractivity contribution is 6.03. The number of benzene rings is 1. The van der Waals surface area contributed by atoms with Gasteiger partial charge in [-0.25, -0.2) is 0 Å². The predicted octanol–water partition coefficient (Wildman–Crippen LogP) is 3.59. The summed E-state index contributed by atoms with van der Waals surface area (Å²) in [4.78, 5) is 29.5. The van der Waals surface area contributed by atoms with Crippen LogP contribution in [0.2, 0.25) is 0 Å². The maximum absolute atomic E-state index is 13.0. The molecule has 26 heavy (non-hydrogen) atoms. The Balaban J connectivity index is 1.69. The first-order valence-electron chi connectivity index (χ1n) is 8.66. The molecule has 0 fully saturated rings. The summed E-state index contributed by atoms with van der Waals surface area (Å²) in [5.74, 6) is -0.0210. The SMILES string of the molecule is CC1CC(n2cccc(C(=O)Nc3ccncc3)c2=O)c2ccccc21. The van der Waals surface area contributed by atoms with Crippen molar-refractivity contribution >= 4 is 11.6 Å². The molecule has 5 heteroatoms. The van der Waals surface area contributed by atoms with Crippen LogP contribution in [0.3, 0.4) is 0 Å². The maximum Gasteiger partial charge on any atom is 0.263 e. The summed E-state index contributed by atoms with van der Waals surface area (Å²) in [5, 5.41) is 2.75. The number of carbonyl (C=O) groups is 1. The molecule has 1 aliphatic rings. The van der Waals surface area contributed by atoms with Gasteiger partial charge in [0.1, 0.15) is 5.56 Å². The van der Waals surface area contributed by atoms with Gasteiger partial charge in [-0.3, -0.25) is 14.6 Å². The van der Waals surface area contributed by atoms with E-state index in [4.69, 9.17) is 0 Å². The van der Waals surface area contributed by atoms with Crippen molar-refractivity contribution in [3.05, 3.63) is 94.2 Å². The fourth-order valence-electron chi connectivity index (χ4n) is 3.68. The number of hydrogen-bond acceptors (Lipinski definition) is 3. The molecule has 2 heterocycles. The molecule has 2 unspecified atom stereocenters. The van der Waals surface area contributed by atoms with Gasteiger partial charge in [0.05, 0.1) is 6.04 Å². The molecule has 0 radical (unpaired) electrons. The number of nitrogens with one attached hydrogen (secondary N) is 1. The lowest BCUT2D eigenvalue weighted by Gasteiger charge is -2.16. The minimum Gasteiger partial charge on any atom is -0.322 e. The Morgan fingerprint density at radius 2 is 1.81 bits per heavy atom. The van der Waals surface area contributed by atoms with Crippen molar-refractivity contribution in [3.63, 3.8) is 0 Å². The molecule has 0 saturated heterocycles. The van der Waals surface area contributed by atoms with Crippen LogP contribution < -0.4 is 10.9 Å². The standard InChI is InChI=1S/C21H19N3O2/c1-14-13-19(17-6-3-2-5-16(14)17)24-12-4-7-18(21(24)26)20(25)23-15-8-10-22-11-9-15/h2-12,14,19H,13H2,1H3,(H,22,23,25). The zero-order valence-corrected chi connectivity index (χ0v) is 14.4. The van der Waals surface area contributed by atoms with Gasteiger partial charge in [0.2, 0.25) is 0 Å². The van der Waals surface area contributed by atoms with E-state index < -0.39 is 5.91 Å². The molecule has 0 saturated carbocycles. The maximum atomic E-state index is 13.0. The minimum atomic E-state index is -0.408. The number of nitrogens with zero attached hydrogens (tertiary/aromatic N) is 2. The highest BCUT2D eigenvalue weighted by Crippen LogP contribution is 2.41. The van der Waals surface area contributed by atoms with Gasteiger partial charge in [0.25, 0.3) is 11.5 Å². The molecule has 0 spiro atoms. The second-order valence-electron chi connectivity index (χ2n) is 6.61. The number of carbonyl (C=O) groups excluding carboxylic acids is 1. The van der Waals surface area contributed by atoms with Crippen LogP contribution in [0.15, 0.2) is 71.9 Å². The van der Waals surface area contributed by atoms with Gasteiger partial charge < -0.3 is 9.88 Å². The quantitative estimate of drug-likeness (QED) is 0.789. The van der Waals surface area contributed by atoms with Crippen molar-refractivity contribution in [3.8, 4) is 0 Å². The molecule has 0 aliphatic heterocycles. The van der Waals surface area contributed by atoms with Crippen LogP contribution in [0.5, 0.6) is 0 Å². The highest BCUT2D eigenvalue weighted by Gasteiger charge is 2.30. The van der Waals surface area contributed by atoms with E-state index in [1.54, 1.807) is 47.4 Å². The lowest BCUT2D eigenvalue weighted by Crippen LogP contribution is -2.31. The van der Waals surface area contributed by atoms with Crippen LogP contribution >= 0.6 is 0 Å². The molecule has 1 aromatic carbocycles. The van der Waals surface area contributed by atoms with Crippen molar-refractivity contribution in [2.24, 2.45) is 0 Å². The number of hydrogen-bond donors (Lipinski definition) is 1. The average Bonchev–Trinajstić information content (AvgIpc) is 3.00. The van der Waals surface area contributed by atoms with Crippen LogP contribution in [-0.4, -0.2) is 15.5 Å². The van der Waals surface area contributed by atoms with E-state index in [9.17, 15) is 9.59 Å². The Kier molecular flexibility index (Phi) is 4.13. The van der Waals surface area contributed by atoms with Gasteiger partial charge >= 0.3 is 0 Å². The second-order valence-corrected chi connectivity index (χ2v) is 6.61. The van der Waals surface area contributed by atoms with Crippen molar-refractivity contribution in [2.45, 2.75) is 25.3 Å². The molecule has 1 amide bonds. The summed E-state index contributed by atoms with van der Waals surface area (Å²) in [6.07, 6.45) is 5.81. The smallest absolute Gasteiger partial charge is 0.263 e. The van der Waals surface area contributed by atoms with Crippen molar-refractivity contribution in [1.29, 1.82) is 0 Å². The van der Waals surface area contributed by atoms with Gasteiger partial charge in [0, 0.05) is 24.3 Å². The number of rotatable bonds is 3. The van der Waals surface area contributed by atoms with Crippen molar-refractivity contribution in [2.75, 3.05) is 5.32 Å². The molecule has 5 nitrogen and oxygen atoms in total. The molecule has 1 aliphatic carbocycles. The van der Waals surface area contributed by atoms with Gasteiger partial charge in [-0.05, 0) is 47.7 Å². The van der Waals surface area contributed by atoms with Crippen LogP contribution in [0, 0.1) is 0 Å². The summed E-state index contributed by atoms with van der Waals surface area (Å²) < 4.78 is 1.68. The van der Waals surface area contributed by atoms with E-state index in [1.807, 2.05) is 12.1 Å².